The van der Waals surface area contributed by atoms with Gasteiger partial charge in [-0.3, -0.25) is 4.72 Å². The van der Waals surface area contributed by atoms with Crippen LogP contribution in [0.1, 0.15) is 6.92 Å². The quantitative estimate of drug-likeness (QED) is 0.910. The summed E-state index contributed by atoms with van der Waals surface area (Å²) in [5.41, 5.74) is 0.124. The molecule has 8 heteroatoms. The zero-order valence-corrected chi connectivity index (χ0v) is 11.4. The molecule has 0 amide bonds. The van der Waals surface area contributed by atoms with E-state index >= 15 is 0 Å². The summed E-state index contributed by atoms with van der Waals surface area (Å²) in [5.74, 6) is -0.809. The molecule has 0 bridgehead atoms. The van der Waals surface area contributed by atoms with Crippen molar-refractivity contribution in [2.75, 3.05) is 11.3 Å². The second-order valence-corrected chi connectivity index (χ2v) is 5.28. The van der Waals surface area contributed by atoms with Gasteiger partial charge in [0, 0.05) is 12.4 Å². The van der Waals surface area contributed by atoms with E-state index in [1.165, 1.54) is 30.6 Å². The molecule has 0 spiro atoms. The highest BCUT2D eigenvalue weighted by Gasteiger charge is 2.22. The number of sulfonamides is 1. The number of hydrogen-bond acceptors (Lipinski definition) is 5. The largest absolute Gasteiger partial charge is 0.476 e. The van der Waals surface area contributed by atoms with Crippen LogP contribution >= 0.6 is 0 Å². The molecule has 6 nitrogen and oxygen atoms in total. The van der Waals surface area contributed by atoms with Gasteiger partial charge < -0.3 is 4.74 Å². The summed E-state index contributed by atoms with van der Waals surface area (Å²) in [6, 6.07) is 5.34. The monoisotopic (exact) mass is 297 g/mol. The Balaban J connectivity index is 2.37. The van der Waals surface area contributed by atoms with E-state index < -0.39 is 20.9 Å². The molecule has 0 aliphatic rings. The summed E-state index contributed by atoms with van der Waals surface area (Å²) in [4.78, 5) is 7.44. The van der Waals surface area contributed by atoms with Gasteiger partial charge in [0.25, 0.3) is 10.0 Å². The van der Waals surface area contributed by atoms with Gasteiger partial charge in [0.2, 0.25) is 10.9 Å². The van der Waals surface area contributed by atoms with Crippen molar-refractivity contribution in [3.63, 3.8) is 0 Å². The fourth-order valence-corrected chi connectivity index (χ4v) is 2.55. The Morgan fingerprint density at radius 1 is 1.25 bits per heavy atom. The summed E-state index contributed by atoms with van der Waals surface area (Å²) < 4.78 is 45.1. The van der Waals surface area contributed by atoms with Crippen LogP contribution in [0.2, 0.25) is 0 Å². The Morgan fingerprint density at radius 2 is 1.95 bits per heavy atom. The molecule has 2 aromatic heterocycles. The van der Waals surface area contributed by atoms with E-state index in [9.17, 15) is 12.8 Å². The van der Waals surface area contributed by atoms with Crippen LogP contribution in [0.25, 0.3) is 0 Å². The van der Waals surface area contributed by atoms with Crippen LogP contribution in [0, 0.1) is 5.82 Å². The van der Waals surface area contributed by atoms with Crippen molar-refractivity contribution in [1.82, 2.24) is 9.97 Å². The average Bonchev–Trinajstić information content (AvgIpc) is 2.41. The molecule has 0 aromatic carbocycles. The van der Waals surface area contributed by atoms with Gasteiger partial charge in [0.1, 0.15) is 5.69 Å². The van der Waals surface area contributed by atoms with E-state index in [2.05, 4.69) is 14.7 Å². The van der Waals surface area contributed by atoms with Crippen molar-refractivity contribution in [2.24, 2.45) is 0 Å². The third-order valence-electron chi connectivity index (χ3n) is 2.28. The molecule has 106 valence electrons. The third kappa shape index (κ3) is 3.02. The summed E-state index contributed by atoms with van der Waals surface area (Å²) in [5, 5.41) is -0.675. The number of ether oxygens (including phenoxy) is 1. The number of halogens is 1. The Kier molecular flexibility index (Phi) is 4.14. The molecule has 0 atom stereocenters. The maximum absolute atomic E-state index is 13.5. The molecule has 0 aliphatic carbocycles. The molecule has 1 N–H and O–H groups in total. The number of rotatable bonds is 5. The molecule has 0 fully saturated rings. The number of hydrogen-bond donors (Lipinski definition) is 1. The first-order valence-corrected chi connectivity index (χ1v) is 7.24. The van der Waals surface area contributed by atoms with Crippen molar-refractivity contribution >= 4 is 15.7 Å². The van der Waals surface area contributed by atoms with Crippen molar-refractivity contribution in [3.8, 4) is 5.88 Å². The Morgan fingerprint density at radius 3 is 2.65 bits per heavy atom. The van der Waals surface area contributed by atoms with Gasteiger partial charge in [0.15, 0.2) is 5.82 Å². The molecule has 0 aliphatic heterocycles. The minimum absolute atomic E-state index is 0.120. The standard InChI is InChI=1S/C12H12FN3O3S/c1-2-19-11-10(6-4-7-14-11)16-20(17,18)12-9(13)5-3-8-15-12/h3-8,16H,2H2,1H3. The smallest absolute Gasteiger partial charge is 0.282 e. The Hall–Kier alpha value is -2.22. The summed E-state index contributed by atoms with van der Waals surface area (Å²) >= 11 is 0. The first-order valence-electron chi connectivity index (χ1n) is 5.75. The van der Waals surface area contributed by atoms with E-state index in [4.69, 9.17) is 4.74 Å². The second kappa shape index (κ2) is 5.83. The predicted molar refractivity (Wildman–Crippen MR) is 70.4 cm³/mol. The summed E-state index contributed by atoms with van der Waals surface area (Å²) in [6.45, 7) is 2.06. The van der Waals surface area contributed by atoms with Crippen molar-refractivity contribution in [2.45, 2.75) is 11.9 Å². The molecule has 20 heavy (non-hydrogen) atoms. The number of nitrogens with one attached hydrogen (secondary N) is 1. The van der Waals surface area contributed by atoms with Gasteiger partial charge in [-0.25, -0.2) is 14.4 Å². The second-order valence-electron chi connectivity index (χ2n) is 3.69. The molecule has 0 saturated carbocycles. The van der Waals surface area contributed by atoms with Gasteiger partial charge in [-0.1, -0.05) is 0 Å². The molecule has 0 unspecified atom stereocenters. The van der Waals surface area contributed by atoms with E-state index in [-0.39, 0.29) is 11.6 Å². The highest BCUT2D eigenvalue weighted by Crippen LogP contribution is 2.24. The number of nitrogens with zero attached hydrogens (tertiary/aromatic N) is 2. The van der Waals surface area contributed by atoms with Gasteiger partial charge >= 0.3 is 0 Å². The Bertz CT molecular complexity index is 707. The van der Waals surface area contributed by atoms with Gasteiger partial charge in [-0.2, -0.15) is 8.42 Å². The lowest BCUT2D eigenvalue weighted by atomic mass is 10.4. The minimum Gasteiger partial charge on any atom is -0.476 e. The molecule has 2 heterocycles. The maximum atomic E-state index is 13.5. The van der Waals surface area contributed by atoms with Crippen molar-refractivity contribution < 1.29 is 17.5 Å². The van der Waals surface area contributed by atoms with Crippen molar-refractivity contribution in [3.05, 3.63) is 42.5 Å². The van der Waals surface area contributed by atoms with E-state index in [0.717, 1.165) is 6.07 Å². The summed E-state index contributed by atoms with van der Waals surface area (Å²) in [7, 11) is -4.14. The fraction of sp³-hybridized carbons (Fsp3) is 0.167. The van der Waals surface area contributed by atoms with Crippen LogP contribution in [0.3, 0.4) is 0 Å². The predicted octanol–water partition coefficient (Wildman–Crippen LogP) is 1.82. The maximum Gasteiger partial charge on any atom is 0.282 e. The van der Waals surface area contributed by atoms with Crippen molar-refractivity contribution in [1.29, 1.82) is 0 Å². The first kappa shape index (κ1) is 14.2. The molecular weight excluding hydrogens is 285 g/mol. The van der Waals surface area contributed by atoms with Crippen LogP contribution in [0.4, 0.5) is 10.1 Å². The lowest BCUT2D eigenvalue weighted by Crippen LogP contribution is -2.17. The fourth-order valence-electron chi connectivity index (χ4n) is 1.48. The van der Waals surface area contributed by atoms with Crippen LogP contribution in [-0.2, 0) is 10.0 Å². The lowest BCUT2D eigenvalue weighted by molar-refractivity contribution is 0.329. The number of pyridine rings is 2. The van der Waals surface area contributed by atoms with Crippen LogP contribution in [0.15, 0.2) is 41.7 Å². The zero-order chi connectivity index (χ0) is 14.6. The number of anilines is 1. The van der Waals surface area contributed by atoms with Crippen LogP contribution in [-0.4, -0.2) is 25.0 Å². The average molecular weight is 297 g/mol. The first-order chi connectivity index (χ1) is 9.54. The van der Waals surface area contributed by atoms with E-state index in [1.807, 2.05) is 0 Å². The normalized spacial score (nSPS) is 11.1. The SMILES string of the molecule is CCOc1ncccc1NS(=O)(=O)c1ncccc1F. The molecular formula is C12H12FN3O3S. The van der Waals surface area contributed by atoms with E-state index in [0.29, 0.717) is 6.61 Å². The van der Waals surface area contributed by atoms with Gasteiger partial charge in [-0.15, -0.1) is 0 Å². The van der Waals surface area contributed by atoms with Crippen LogP contribution in [0.5, 0.6) is 5.88 Å². The highest BCUT2D eigenvalue weighted by molar-refractivity contribution is 7.92. The topological polar surface area (TPSA) is 81.2 Å². The highest BCUT2D eigenvalue weighted by atomic mass is 32.2. The van der Waals surface area contributed by atoms with Crippen LogP contribution < -0.4 is 9.46 Å². The van der Waals surface area contributed by atoms with E-state index in [1.54, 1.807) is 6.92 Å². The minimum atomic E-state index is -4.14. The number of aromatic nitrogens is 2. The zero-order valence-electron chi connectivity index (χ0n) is 10.6. The van der Waals surface area contributed by atoms with Gasteiger partial charge in [-0.05, 0) is 31.2 Å². The molecule has 2 aromatic rings. The molecule has 0 saturated heterocycles. The lowest BCUT2D eigenvalue weighted by Gasteiger charge is -2.11. The third-order valence-corrected chi connectivity index (χ3v) is 3.57. The van der Waals surface area contributed by atoms with Gasteiger partial charge in [0.05, 0.1) is 6.61 Å². The summed E-state index contributed by atoms with van der Waals surface area (Å²) in [6.07, 6.45) is 2.66. The Labute approximate surface area is 115 Å². The molecule has 2 rings (SSSR count). The molecule has 0 radical (unpaired) electrons.